The predicted octanol–water partition coefficient (Wildman–Crippen LogP) is 3.62. The number of pyridine rings is 1. The quantitative estimate of drug-likeness (QED) is 0.715. The van der Waals surface area contributed by atoms with E-state index in [9.17, 15) is 0 Å². The fourth-order valence-electron chi connectivity index (χ4n) is 2.46. The fourth-order valence-corrected chi connectivity index (χ4v) is 3.10. The molecule has 3 rings (SSSR count). The van der Waals surface area contributed by atoms with Crippen LogP contribution in [0.5, 0.6) is 0 Å². The van der Waals surface area contributed by atoms with Crippen molar-refractivity contribution >= 4 is 26.8 Å². The van der Waals surface area contributed by atoms with E-state index >= 15 is 0 Å². The molecule has 1 aliphatic rings. The van der Waals surface area contributed by atoms with Crippen molar-refractivity contribution in [2.45, 2.75) is 24.6 Å². The van der Waals surface area contributed by atoms with Gasteiger partial charge in [-0.1, -0.05) is 34.1 Å². The molecule has 0 saturated heterocycles. The molecule has 0 aliphatic heterocycles. The Labute approximate surface area is 97.7 Å². The van der Waals surface area contributed by atoms with Crippen LogP contribution in [-0.2, 0) is 18.2 Å². The van der Waals surface area contributed by atoms with E-state index < -0.39 is 0 Å². The Balaban J connectivity index is 2.41. The van der Waals surface area contributed by atoms with Crippen LogP contribution in [0.2, 0.25) is 0 Å². The first-order valence-corrected chi connectivity index (χ1v) is 6.47. The van der Waals surface area contributed by atoms with Gasteiger partial charge in [0, 0.05) is 16.4 Å². The minimum Gasteiger partial charge on any atom is -0.253 e. The Bertz CT molecular complexity index is 519. The maximum atomic E-state index is 4.74. The number of halogens is 1. The largest absolute Gasteiger partial charge is 0.253 e. The van der Waals surface area contributed by atoms with E-state index in [-0.39, 0.29) is 0 Å². The molecule has 1 aromatic heterocycles. The number of alkyl halides is 1. The van der Waals surface area contributed by atoms with Crippen LogP contribution >= 0.6 is 15.9 Å². The molecular weight excluding hydrogens is 250 g/mol. The van der Waals surface area contributed by atoms with Gasteiger partial charge in [-0.3, -0.25) is 4.98 Å². The van der Waals surface area contributed by atoms with Gasteiger partial charge in [0.05, 0.1) is 5.52 Å². The van der Waals surface area contributed by atoms with Crippen LogP contribution in [0, 0.1) is 0 Å². The van der Waals surface area contributed by atoms with Crippen molar-refractivity contribution in [1.82, 2.24) is 4.98 Å². The maximum absolute atomic E-state index is 4.74. The summed E-state index contributed by atoms with van der Waals surface area (Å²) < 4.78 is 0. The molecule has 0 bridgehead atoms. The summed E-state index contributed by atoms with van der Waals surface area (Å²) in [5.41, 5.74) is 5.41. The zero-order valence-electron chi connectivity index (χ0n) is 8.46. The second kappa shape index (κ2) is 3.60. The average molecular weight is 262 g/mol. The second-order valence-corrected chi connectivity index (χ2v) is 4.58. The van der Waals surface area contributed by atoms with Crippen molar-refractivity contribution in [1.29, 1.82) is 0 Å². The molecular formula is C13H12BrN. The third-order valence-corrected chi connectivity index (χ3v) is 3.73. The van der Waals surface area contributed by atoms with Gasteiger partial charge in [-0.05, 0) is 36.5 Å². The lowest BCUT2D eigenvalue weighted by molar-refractivity contribution is 0.900. The first kappa shape index (κ1) is 9.34. The highest BCUT2D eigenvalue weighted by molar-refractivity contribution is 9.08. The zero-order valence-corrected chi connectivity index (χ0v) is 10.0. The first-order valence-electron chi connectivity index (χ1n) is 5.35. The number of fused-ring (bicyclic) bond motifs is 2. The number of rotatable bonds is 1. The molecule has 2 aromatic rings. The smallest absolute Gasteiger partial charge is 0.0708 e. The SMILES string of the molecule is BrCc1c2c(nc3ccccc13)CCC2. The fraction of sp³-hybridized carbons (Fsp3) is 0.308. The van der Waals surface area contributed by atoms with Gasteiger partial charge in [-0.15, -0.1) is 0 Å². The third kappa shape index (κ3) is 1.39. The minimum atomic E-state index is 0.943. The van der Waals surface area contributed by atoms with Crippen molar-refractivity contribution in [2.24, 2.45) is 0 Å². The molecule has 0 fully saturated rings. The lowest BCUT2D eigenvalue weighted by Crippen LogP contribution is -1.96. The van der Waals surface area contributed by atoms with Gasteiger partial charge in [0.1, 0.15) is 0 Å². The van der Waals surface area contributed by atoms with Crippen LogP contribution < -0.4 is 0 Å². The predicted molar refractivity (Wildman–Crippen MR) is 66.4 cm³/mol. The highest BCUT2D eigenvalue weighted by Crippen LogP contribution is 2.30. The van der Waals surface area contributed by atoms with Crippen LogP contribution in [-0.4, -0.2) is 4.98 Å². The number of aromatic nitrogens is 1. The molecule has 1 heterocycles. The van der Waals surface area contributed by atoms with E-state index in [1.807, 2.05) is 0 Å². The second-order valence-electron chi connectivity index (χ2n) is 4.02. The topological polar surface area (TPSA) is 12.9 Å². The Morgan fingerprint density at radius 2 is 2.07 bits per heavy atom. The molecule has 0 unspecified atom stereocenters. The van der Waals surface area contributed by atoms with Crippen LogP contribution in [0.3, 0.4) is 0 Å². The van der Waals surface area contributed by atoms with Crippen molar-refractivity contribution in [2.75, 3.05) is 0 Å². The summed E-state index contributed by atoms with van der Waals surface area (Å²) in [4.78, 5) is 4.74. The summed E-state index contributed by atoms with van der Waals surface area (Å²) in [6.07, 6.45) is 3.62. The number of benzene rings is 1. The lowest BCUT2D eigenvalue weighted by atomic mass is 10.0. The normalized spacial score (nSPS) is 14.5. The van der Waals surface area contributed by atoms with Crippen LogP contribution in [0.4, 0.5) is 0 Å². The molecule has 0 atom stereocenters. The molecule has 1 aliphatic carbocycles. The molecule has 1 nitrogen and oxygen atoms in total. The van der Waals surface area contributed by atoms with E-state index in [0.717, 1.165) is 17.3 Å². The van der Waals surface area contributed by atoms with E-state index in [1.165, 1.54) is 35.0 Å². The standard InChI is InChI=1S/C13H12BrN/c14-8-11-9-4-1-2-6-12(9)15-13-7-3-5-10(11)13/h1-2,4,6H,3,5,7-8H2. The highest BCUT2D eigenvalue weighted by Gasteiger charge is 2.18. The average Bonchev–Trinajstić information content (AvgIpc) is 2.73. The first-order chi connectivity index (χ1) is 7.40. The van der Waals surface area contributed by atoms with E-state index in [4.69, 9.17) is 4.98 Å². The molecule has 76 valence electrons. The van der Waals surface area contributed by atoms with Crippen LogP contribution in [0.15, 0.2) is 24.3 Å². The molecule has 2 heteroatoms. The van der Waals surface area contributed by atoms with E-state index in [0.29, 0.717) is 0 Å². The van der Waals surface area contributed by atoms with Crippen molar-refractivity contribution < 1.29 is 0 Å². The highest BCUT2D eigenvalue weighted by atomic mass is 79.9. The summed E-state index contributed by atoms with van der Waals surface area (Å²) in [5, 5.41) is 2.26. The van der Waals surface area contributed by atoms with Crippen molar-refractivity contribution in [3.63, 3.8) is 0 Å². The Hall–Kier alpha value is -0.890. The summed E-state index contributed by atoms with van der Waals surface area (Å²) in [5.74, 6) is 0. The van der Waals surface area contributed by atoms with Gasteiger partial charge in [0.2, 0.25) is 0 Å². The molecule has 0 amide bonds. The Kier molecular flexibility index (Phi) is 2.24. The number of aryl methyl sites for hydroxylation is 1. The van der Waals surface area contributed by atoms with Crippen LogP contribution in [0.25, 0.3) is 10.9 Å². The Morgan fingerprint density at radius 3 is 2.93 bits per heavy atom. The molecule has 0 radical (unpaired) electrons. The Morgan fingerprint density at radius 1 is 1.20 bits per heavy atom. The molecule has 15 heavy (non-hydrogen) atoms. The van der Waals surface area contributed by atoms with Gasteiger partial charge in [0.25, 0.3) is 0 Å². The van der Waals surface area contributed by atoms with Gasteiger partial charge < -0.3 is 0 Å². The number of hydrogen-bond acceptors (Lipinski definition) is 1. The molecule has 0 N–H and O–H groups in total. The monoisotopic (exact) mass is 261 g/mol. The van der Waals surface area contributed by atoms with Crippen molar-refractivity contribution in [3.8, 4) is 0 Å². The number of hydrogen-bond donors (Lipinski definition) is 0. The minimum absolute atomic E-state index is 0.943. The maximum Gasteiger partial charge on any atom is 0.0708 e. The van der Waals surface area contributed by atoms with Gasteiger partial charge in [-0.25, -0.2) is 0 Å². The van der Waals surface area contributed by atoms with Crippen molar-refractivity contribution in [3.05, 3.63) is 41.1 Å². The van der Waals surface area contributed by atoms with Gasteiger partial charge in [-0.2, -0.15) is 0 Å². The summed E-state index contributed by atoms with van der Waals surface area (Å²) in [6, 6.07) is 8.45. The lowest BCUT2D eigenvalue weighted by Gasteiger charge is -2.09. The summed E-state index contributed by atoms with van der Waals surface area (Å²) in [7, 11) is 0. The molecule has 1 aromatic carbocycles. The third-order valence-electron chi connectivity index (χ3n) is 3.17. The molecule has 0 spiro atoms. The summed E-state index contributed by atoms with van der Waals surface area (Å²) >= 11 is 3.60. The van der Waals surface area contributed by atoms with E-state index in [2.05, 4.69) is 40.2 Å². The summed E-state index contributed by atoms with van der Waals surface area (Å²) in [6.45, 7) is 0. The van der Waals surface area contributed by atoms with Crippen LogP contribution in [0.1, 0.15) is 23.2 Å². The van der Waals surface area contributed by atoms with E-state index in [1.54, 1.807) is 0 Å². The van der Waals surface area contributed by atoms with Gasteiger partial charge >= 0.3 is 0 Å². The number of nitrogens with zero attached hydrogens (tertiary/aromatic N) is 1. The zero-order chi connectivity index (χ0) is 10.3. The number of para-hydroxylation sites is 1. The molecule has 0 saturated carbocycles. The van der Waals surface area contributed by atoms with Gasteiger partial charge in [0.15, 0.2) is 0 Å².